The molecule has 1 aliphatic rings. The Hall–Kier alpha value is -8.25. The molecule has 296 valence electrons. The number of hydrogen-bond acceptors (Lipinski definition) is 8. The summed E-state index contributed by atoms with van der Waals surface area (Å²) in [5.41, 5.74) is 10.4. The summed E-state index contributed by atoms with van der Waals surface area (Å²) < 4.78 is 6.53. The van der Waals surface area contributed by atoms with Gasteiger partial charge in [-0.2, -0.15) is 0 Å². The number of benzene rings is 7. The normalized spacial score (nSPS) is 12.3. The van der Waals surface area contributed by atoms with Crippen molar-refractivity contribution < 1.29 is 4.42 Å². The summed E-state index contributed by atoms with van der Waals surface area (Å²) in [5.74, 6) is 10.4. The molecule has 0 N–H and O–H groups in total. The molecule has 3 heterocycles. The number of allylic oxidation sites excluding steroid dienone is 4. The van der Waals surface area contributed by atoms with Crippen LogP contribution in [0.2, 0.25) is 0 Å². The quantitative estimate of drug-likeness (QED) is 0.120. The maximum absolute atomic E-state index is 6.53. The molecule has 7 aromatic carbocycles. The van der Waals surface area contributed by atoms with Gasteiger partial charge in [-0.05, 0) is 41.5 Å². The van der Waals surface area contributed by atoms with Crippen molar-refractivity contribution in [1.82, 2.24) is 29.9 Å². The second-order valence-electron chi connectivity index (χ2n) is 15.0. The zero-order chi connectivity index (χ0) is 42.1. The van der Waals surface area contributed by atoms with Crippen LogP contribution in [0.25, 0.3) is 101 Å². The van der Waals surface area contributed by atoms with Crippen molar-refractivity contribution in [3.63, 3.8) is 0 Å². The first-order chi connectivity index (χ1) is 31.1. The van der Waals surface area contributed by atoms with E-state index in [-0.39, 0.29) is 0 Å². The van der Waals surface area contributed by atoms with E-state index in [9.17, 15) is 0 Å². The summed E-state index contributed by atoms with van der Waals surface area (Å²) in [6, 6.07) is 58.4. The monoisotopic (exact) mass is 826 g/mol. The molecule has 0 atom stereocenters. The Morgan fingerprint density at radius 2 is 0.937 bits per heavy atom. The number of nitrogens with zero attached hydrogens (tertiary/aromatic N) is 6. The molecular weight excluding hydrogens is 793 g/mol. The molecule has 0 unspecified atom stereocenters. The fourth-order valence-corrected chi connectivity index (χ4v) is 8.15. The number of rotatable bonds is 8. The highest BCUT2D eigenvalue weighted by atomic mass is 32.1. The van der Waals surface area contributed by atoms with E-state index in [1.807, 2.05) is 152 Å². The molecule has 0 saturated carbocycles. The summed E-state index contributed by atoms with van der Waals surface area (Å²) in [6.45, 7) is 0. The number of thiol groups is 1. The lowest BCUT2D eigenvalue weighted by molar-refractivity contribution is 0.669. The number of furan rings is 1. The van der Waals surface area contributed by atoms with E-state index in [1.165, 1.54) is 0 Å². The SMILES string of the molecule is Sc1ccc(-c2nc(-c3ccccc3)nc(-c3ccccc3)n2)cc1C1=C(c2ccc3oc4cccc(-c5nc(-c6ccccc6)nc(-c6ccccc6)n5)c4c3c2)C=CCC#C1. The van der Waals surface area contributed by atoms with Crippen molar-refractivity contribution in [2.24, 2.45) is 0 Å². The highest BCUT2D eigenvalue weighted by Crippen LogP contribution is 2.40. The van der Waals surface area contributed by atoms with Gasteiger partial charge in [0.2, 0.25) is 0 Å². The average Bonchev–Trinajstić information content (AvgIpc) is 3.56. The summed E-state index contributed by atoms with van der Waals surface area (Å²) in [7, 11) is 0. The molecule has 0 radical (unpaired) electrons. The van der Waals surface area contributed by atoms with Crippen molar-refractivity contribution in [1.29, 1.82) is 0 Å². The van der Waals surface area contributed by atoms with Gasteiger partial charge in [0.1, 0.15) is 11.2 Å². The van der Waals surface area contributed by atoms with Gasteiger partial charge in [0, 0.05) is 66.6 Å². The first-order valence-electron chi connectivity index (χ1n) is 20.6. The average molecular weight is 827 g/mol. The minimum atomic E-state index is 0.555. The van der Waals surface area contributed by atoms with Crippen LogP contribution in [-0.2, 0) is 0 Å². The maximum atomic E-state index is 6.53. The van der Waals surface area contributed by atoms with Gasteiger partial charge in [-0.3, -0.25) is 0 Å². The van der Waals surface area contributed by atoms with Gasteiger partial charge in [0.05, 0.1) is 0 Å². The smallest absolute Gasteiger partial charge is 0.164 e. The highest BCUT2D eigenvalue weighted by Gasteiger charge is 2.21. The van der Waals surface area contributed by atoms with Crippen molar-refractivity contribution in [2.75, 3.05) is 0 Å². The maximum Gasteiger partial charge on any atom is 0.164 e. The van der Waals surface area contributed by atoms with Crippen molar-refractivity contribution in [2.45, 2.75) is 11.3 Å². The third-order valence-corrected chi connectivity index (χ3v) is 11.3. The van der Waals surface area contributed by atoms with Crippen LogP contribution < -0.4 is 0 Å². The minimum Gasteiger partial charge on any atom is -0.456 e. The standard InChI is InChI=1S/C55H34N6OS/c63-48-32-30-40(54-58-50(35-17-6-1-7-18-35)56-51(59-54)36-19-8-2-9-20-36)34-44(48)42-26-15-5-14-25-41(42)39-29-31-46-45(33-39)49-43(27-16-28-47(49)62-46)55-60-52(37-21-10-3-11-22-37)57-53(61-55)38-23-12-4-13-24-38/h1-4,6-14,16-25,27-34,63H,5H2. The lowest BCUT2D eigenvalue weighted by atomic mass is 9.92. The van der Waals surface area contributed by atoms with E-state index in [4.69, 9.17) is 46.9 Å². The van der Waals surface area contributed by atoms with Crippen LogP contribution in [0, 0.1) is 11.8 Å². The molecular formula is C55H34N6OS. The highest BCUT2D eigenvalue weighted by molar-refractivity contribution is 7.80. The Morgan fingerprint density at radius 1 is 0.429 bits per heavy atom. The molecule has 63 heavy (non-hydrogen) atoms. The Kier molecular flexibility index (Phi) is 9.77. The minimum absolute atomic E-state index is 0.555. The fraction of sp³-hybridized carbons (Fsp3) is 0.0182. The zero-order valence-electron chi connectivity index (χ0n) is 33.6. The molecule has 0 bridgehead atoms. The summed E-state index contributed by atoms with van der Waals surface area (Å²) in [5, 5.41) is 1.85. The summed E-state index contributed by atoms with van der Waals surface area (Å²) in [6.07, 6.45) is 4.85. The van der Waals surface area contributed by atoms with Gasteiger partial charge in [0.15, 0.2) is 34.9 Å². The molecule has 10 aromatic rings. The van der Waals surface area contributed by atoms with Crippen LogP contribution in [0.3, 0.4) is 0 Å². The van der Waals surface area contributed by atoms with Crippen molar-refractivity contribution >= 4 is 45.7 Å². The number of aromatic nitrogens is 6. The van der Waals surface area contributed by atoms with E-state index in [0.717, 1.165) is 82.5 Å². The van der Waals surface area contributed by atoms with Gasteiger partial charge in [-0.15, -0.1) is 12.6 Å². The van der Waals surface area contributed by atoms with Gasteiger partial charge >= 0.3 is 0 Å². The molecule has 7 nitrogen and oxygen atoms in total. The largest absolute Gasteiger partial charge is 0.456 e. The van der Waals surface area contributed by atoms with Gasteiger partial charge in [-0.25, -0.2) is 29.9 Å². The Morgan fingerprint density at radius 3 is 1.49 bits per heavy atom. The van der Waals surface area contributed by atoms with E-state index >= 15 is 0 Å². The van der Waals surface area contributed by atoms with Crippen molar-refractivity contribution in [3.05, 3.63) is 199 Å². The van der Waals surface area contributed by atoms with Gasteiger partial charge in [-0.1, -0.05) is 170 Å². The van der Waals surface area contributed by atoms with E-state index in [1.54, 1.807) is 0 Å². The van der Waals surface area contributed by atoms with Crippen LogP contribution in [0.1, 0.15) is 17.5 Å². The molecule has 0 aliphatic heterocycles. The Labute approximate surface area is 369 Å². The molecule has 8 heteroatoms. The molecule has 3 aromatic heterocycles. The van der Waals surface area contributed by atoms with Crippen LogP contribution in [0.15, 0.2) is 197 Å². The van der Waals surface area contributed by atoms with Crippen LogP contribution in [-0.4, -0.2) is 29.9 Å². The summed E-state index contributed by atoms with van der Waals surface area (Å²) >= 11 is 5.02. The zero-order valence-corrected chi connectivity index (χ0v) is 34.5. The molecule has 0 spiro atoms. The molecule has 0 amide bonds. The van der Waals surface area contributed by atoms with E-state index in [2.05, 4.69) is 48.3 Å². The predicted octanol–water partition coefficient (Wildman–Crippen LogP) is 13.1. The number of fused-ring (bicyclic) bond motifs is 3. The molecule has 0 fully saturated rings. The third-order valence-electron chi connectivity index (χ3n) is 11.0. The molecule has 0 saturated heterocycles. The predicted molar refractivity (Wildman–Crippen MR) is 255 cm³/mol. The second kappa shape index (κ2) is 16.3. The van der Waals surface area contributed by atoms with Crippen molar-refractivity contribution in [3.8, 4) is 80.2 Å². The summed E-state index contributed by atoms with van der Waals surface area (Å²) in [4.78, 5) is 30.8. The fourth-order valence-electron chi connectivity index (χ4n) is 7.90. The van der Waals surface area contributed by atoms with E-state index in [0.29, 0.717) is 41.4 Å². The van der Waals surface area contributed by atoms with E-state index < -0.39 is 0 Å². The lowest BCUT2D eigenvalue weighted by Gasteiger charge is -2.13. The second-order valence-corrected chi connectivity index (χ2v) is 15.5. The molecule has 1 aliphatic carbocycles. The lowest BCUT2D eigenvalue weighted by Crippen LogP contribution is -2.01. The molecule has 11 rings (SSSR count). The Bertz CT molecular complexity index is 3370. The van der Waals surface area contributed by atoms with Crippen LogP contribution in [0.5, 0.6) is 0 Å². The first-order valence-corrected chi connectivity index (χ1v) is 21.0. The van der Waals surface area contributed by atoms with Gasteiger partial charge < -0.3 is 4.42 Å². The third kappa shape index (κ3) is 7.37. The Balaban J connectivity index is 1.07. The van der Waals surface area contributed by atoms with Gasteiger partial charge in [0.25, 0.3) is 0 Å². The topological polar surface area (TPSA) is 90.5 Å². The first kappa shape index (κ1) is 37.7. The van der Waals surface area contributed by atoms with Crippen LogP contribution >= 0.6 is 12.6 Å². The van der Waals surface area contributed by atoms with Crippen LogP contribution in [0.4, 0.5) is 0 Å². The number of hydrogen-bond donors (Lipinski definition) is 1.